The van der Waals surface area contributed by atoms with Crippen molar-refractivity contribution in [1.29, 1.82) is 0 Å². The summed E-state index contributed by atoms with van der Waals surface area (Å²) in [5.74, 6) is 0.295. The molecule has 1 aromatic rings. The molecule has 0 fully saturated rings. The molecular formula is C10H15N3O2S2. The van der Waals surface area contributed by atoms with Crippen LogP contribution in [-0.2, 0) is 4.74 Å². The predicted molar refractivity (Wildman–Crippen MR) is 72.4 cm³/mol. The largest absolute Gasteiger partial charge is 0.449 e. The molecule has 2 N–H and O–H groups in total. The minimum atomic E-state index is -0.551. The summed E-state index contributed by atoms with van der Waals surface area (Å²) in [6, 6.07) is 0. The molecule has 0 spiro atoms. The number of rotatable bonds is 3. The number of anilines is 1. The summed E-state index contributed by atoms with van der Waals surface area (Å²) >= 11 is 6.37. The van der Waals surface area contributed by atoms with Gasteiger partial charge in [-0.1, -0.05) is 13.8 Å². The van der Waals surface area contributed by atoms with Crippen LogP contribution in [0.5, 0.6) is 0 Å². The van der Waals surface area contributed by atoms with Crippen molar-refractivity contribution in [2.75, 3.05) is 11.9 Å². The zero-order valence-electron chi connectivity index (χ0n) is 9.94. The highest BCUT2D eigenvalue weighted by Gasteiger charge is 2.07. The van der Waals surface area contributed by atoms with Gasteiger partial charge in [0, 0.05) is 5.38 Å². The van der Waals surface area contributed by atoms with Gasteiger partial charge in [-0.05, 0) is 25.1 Å². The summed E-state index contributed by atoms with van der Waals surface area (Å²) in [4.78, 5) is 15.4. The van der Waals surface area contributed by atoms with E-state index in [1.165, 1.54) is 11.3 Å². The molecule has 1 heterocycles. The van der Waals surface area contributed by atoms with Crippen LogP contribution in [0.4, 0.5) is 9.93 Å². The minimum Gasteiger partial charge on any atom is -0.449 e. The Bertz CT molecular complexity index is 404. The fourth-order valence-corrected chi connectivity index (χ4v) is 1.85. The predicted octanol–water partition coefficient (Wildman–Crippen LogP) is 2.53. The SMILES string of the molecule is Cc1csc(NC(=S)NC(=O)OCC(C)C)n1. The molecule has 0 atom stereocenters. The second-order valence-electron chi connectivity index (χ2n) is 3.87. The molecule has 17 heavy (non-hydrogen) atoms. The molecule has 0 saturated heterocycles. The number of nitrogens with one attached hydrogen (secondary N) is 2. The lowest BCUT2D eigenvalue weighted by atomic mass is 10.2. The van der Waals surface area contributed by atoms with E-state index in [-0.39, 0.29) is 5.11 Å². The number of thiazole rings is 1. The van der Waals surface area contributed by atoms with Gasteiger partial charge in [0.1, 0.15) is 0 Å². The lowest BCUT2D eigenvalue weighted by Crippen LogP contribution is -2.35. The molecular weight excluding hydrogens is 258 g/mol. The molecule has 1 aromatic heterocycles. The van der Waals surface area contributed by atoms with E-state index in [0.717, 1.165) is 5.69 Å². The van der Waals surface area contributed by atoms with Gasteiger partial charge in [0.15, 0.2) is 10.2 Å². The maximum atomic E-state index is 11.3. The first-order valence-electron chi connectivity index (χ1n) is 5.14. The van der Waals surface area contributed by atoms with Crippen LogP contribution in [0.15, 0.2) is 5.38 Å². The summed E-state index contributed by atoms with van der Waals surface area (Å²) in [5.41, 5.74) is 0.905. The van der Waals surface area contributed by atoms with Crippen LogP contribution < -0.4 is 10.6 Å². The van der Waals surface area contributed by atoms with Crippen LogP contribution in [0.25, 0.3) is 0 Å². The monoisotopic (exact) mass is 273 g/mol. The second-order valence-corrected chi connectivity index (χ2v) is 5.13. The van der Waals surface area contributed by atoms with Crippen molar-refractivity contribution in [1.82, 2.24) is 10.3 Å². The van der Waals surface area contributed by atoms with Crippen molar-refractivity contribution in [3.05, 3.63) is 11.1 Å². The topological polar surface area (TPSA) is 63.2 Å². The Morgan fingerprint density at radius 3 is 2.88 bits per heavy atom. The first-order chi connectivity index (χ1) is 7.97. The van der Waals surface area contributed by atoms with E-state index in [2.05, 4.69) is 15.6 Å². The smallest absolute Gasteiger partial charge is 0.413 e. The Morgan fingerprint density at radius 1 is 1.65 bits per heavy atom. The number of carbonyl (C=O) groups excluding carboxylic acids is 1. The Balaban J connectivity index is 2.32. The zero-order valence-corrected chi connectivity index (χ0v) is 11.6. The third-order valence-corrected chi connectivity index (χ3v) is 2.68. The molecule has 1 rings (SSSR count). The lowest BCUT2D eigenvalue weighted by Gasteiger charge is -2.09. The summed E-state index contributed by atoms with van der Waals surface area (Å²) < 4.78 is 4.92. The van der Waals surface area contributed by atoms with Gasteiger partial charge >= 0.3 is 6.09 Å². The Morgan fingerprint density at radius 2 is 2.35 bits per heavy atom. The van der Waals surface area contributed by atoms with E-state index in [0.29, 0.717) is 17.7 Å². The van der Waals surface area contributed by atoms with Crippen LogP contribution in [0.3, 0.4) is 0 Å². The molecule has 0 aliphatic carbocycles. The Hall–Kier alpha value is -1.21. The fourth-order valence-electron chi connectivity index (χ4n) is 0.911. The van der Waals surface area contributed by atoms with Crippen molar-refractivity contribution < 1.29 is 9.53 Å². The van der Waals surface area contributed by atoms with E-state index >= 15 is 0 Å². The molecule has 0 saturated carbocycles. The number of aryl methyl sites for hydroxylation is 1. The molecule has 0 radical (unpaired) electrons. The highest BCUT2D eigenvalue weighted by molar-refractivity contribution is 7.80. The summed E-state index contributed by atoms with van der Waals surface area (Å²) in [6.07, 6.45) is -0.551. The molecule has 1 amide bonds. The van der Waals surface area contributed by atoms with Gasteiger partial charge in [0.05, 0.1) is 12.3 Å². The zero-order chi connectivity index (χ0) is 12.8. The van der Waals surface area contributed by atoms with Crippen LogP contribution in [0.2, 0.25) is 0 Å². The average molecular weight is 273 g/mol. The van der Waals surface area contributed by atoms with Crippen molar-refractivity contribution in [2.45, 2.75) is 20.8 Å². The van der Waals surface area contributed by atoms with Crippen molar-refractivity contribution >= 4 is 39.9 Å². The first kappa shape index (κ1) is 13.9. The van der Waals surface area contributed by atoms with Gasteiger partial charge in [0.25, 0.3) is 0 Å². The molecule has 0 aromatic carbocycles. The summed E-state index contributed by atoms with van der Waals surface area (Å²) in [6.45, 7) is 6.17. The van der Waals surface area contributed by atoms with Crippen molar-refractivity contribution in [3.8, 4) is 0 Å². The van der Waals surface area contributed by atoms with Crippen LogP contribution in [-0.4, -0.2) is 22.8 Å². The molecule has 0 aliphatic rings. The standard InChI is InChI=1S/C10H15N3O2S2/c1-6(2)4-15-10(14)13-8(16)12-9-11-7(3)5-17-9/h5-6H,4H2,1-3H3,(H2,11,12,13,14,16). The molecule has 7 heteroatoms. The number of aromatic nitrogens is 1. The summed E-state index contributed by atoms with van der Waals surface area (Å²) in [5, 5.41) is 7.96. The molecule has 0 bridgehead atoms. The van der Waals surface area contributed by atoms with E-state index < -0.39 is 6.09 Å². The van der Waals surface area contributed by atoms with Crippen molar-refractivity contribution in [2.24, 2.45) is 5.92 Å². The van der Waals surface area contributed by atoms with Gasteiger partial charge in [-0.25, -0.2) is 9.78 Å². The number of carbonyl (C=O) groups is 1. The van der Waals surface area contributed by atoms with Gasteiger partial charge in [-0.2, -0.15) is 0 Å². The number of nitrogens with zero attached hydrogens (tertiary/aromatic N) is 1. The third-order valence-electron chi connectivity index (χ3n) is 1.60. The number of alkyl carbamates (subject to hydrolysis) is 1. The fraction of sp³-hybridized carbons (Fsp3) is 0.500. The molecule has 0 unspecified atom stereocenters. The van der Waals surface area contributed by atoms with Gasteiger partial charge in [-0.3, -0.25) is 5.32 Å². The first-order valence-corrected chi connectivity index (χ1v) is 6.43. The number of thiocarbonyl (C=S) groups is 1. The molecule has 0 aliphatic heterocycles. The average Bonchev–Trinajstić information content (AvgIpc) is 2.60. The number of hydrogen-bond acceptors (Lipinski definition) is 5. The normalized spacial score (nSPS) is 10.1. The van der Waals surface area contributed by atoms with Gasteiger partial charge in [-0.15, -0.1) is 11.3 Å². The maximum Gasteiger partial charge on any atom is 0.413 e. The molecule has 5 nitrogen and oxygen atoms in total. The van der Waals surface area contributed by atoms with E-state index in [4.69, 9.17) is 17.0 Å². The summed E-state index contributed by atoms with van der Waals surface area (Å²) in [7, 11) is 0. The number of ether oxygens (including phenoxy) is 1. The van der Waals surface area contributed by atoms with Crippen LogP contribution in [0, 0.1) is 12.8 Å². The van der Waals surface area contributed by atoms with Gasteiger partial charge in [0.2, 0.25) is 0 Å². The third kappa shape index (κ3) is 5.60. The Labute approximate surface area is 110 Å². The second kappa shape index (κ2) is 6.51. The minimum absolute atomic E-state index is 0.188. The lowest BCUT2D eigenvalue weighted by molar-refractivity contribution is 0.138. The van der Waals surface area contributed by atoms with E-state index in [1.54, 1.807) is 0 Å². The van der Waals surface area contributed by atoms with Crippen molar-refractivity contribution in [3.63, 3.8) is 0 Å². The number of amides is 1. The quantitative estimate of drug-likeness (QED) is 0.829. The van der Waals surface area contributed by atoms with Gasteiger partial charge < -0.3 is 10.1 Å². The highest BCUT2D eigenvalue weighted by atomic mass is 32.1. The van der Waals surface area contributed by atoms with E-state index in [9.17, 15) is 4.79 Å². The Kier molecular flexibility index (Phi) is 5.30. The molecule has 94 valence electrons. The van der Waals surface area contributed by atoms with Crippen LogP contribution in [0.1, 0.15) is 19.5 Å². The maximum absolute atomic E-state index is 11.3. The number of hydrogen-bond donors (Lipinski definition) is 2. The van der Waals surface area contributed by atoms with Crippen LogP contribution >= 0.6 is 23.6 Å². The van der Waals surface area contributed by atoms with E-state index in [1.807, 2.05) is 26.2 Å². The highest BCUT2D eigenvalue weighted by Crippen LogP contribution is 2.13.